The first kappa shape index (κ1) is 19.6. The monoisotopic (exact) mass is 400 g/mol. The summed E-state index contributed by atoms with van der Waals surface area (Å²) >= 11 is 5.75. The zero-order valence-electron chi connectivity index (χ0n) is 12.2. The standard InChI is InChI=1S/C13H7ClF6N4O2/c14-7-3-5(12(15,16)17)1-2-8(7)24-10(6(4-22-24)9(21)25)23-11(26)13(18,19)20/h1-4H,(H2,21,25)(H,23,26). The molecule has 0 aliphatic rings. The Labute approximate surface area is 145 Å². The number of alkyl halides is 6. The van der Waals surface area contributed by atoms with Crippen LogP contribution in [0.2, 0.25) is 5.02 Å². The lowest BCUT2D eigenvalue weighted by Crippen LogP contribution is -2.32. The van der Waals surface area contributed by atoms with Crippen LogP contribution in [0.3, 0.4) is 0 Å². The summed E-state index contributed by atoms with van der Waals surface area (Å²) in [6.07, 6.45) is -9.27. The zero-order chi connectivity index (χ0) is 19.9. The first-order chi connectivity index (χ1) is 11.8. The summed E-state index contributed by atoms with van der Waals surface area (Å²) in [4.78, 5) is 22.5. The molecule has 3 N–H and O–H groups in total. The number of nitrogens with two attached hydrogens (primary N) is 1. The number of carbonyl (C=O) groups is 2. The largest absolute Gasteiger partial charge is 0.471 e. The fourth-order valence-electron chi connectivity index (χ4n) is 1.87. The Morgan fingerprint density at radius 1 is 1.15 bits per heavy atom. The molecule has 0 saturated carbocycles. The molecule has 0 fully saturated rings. The third kappa shape index (κ3) is 3.90. The Morgan fingerprint density at radius 2 is 1.77 bits per heavy atom. The maximum Gasteiger partial charge on any atom is 0.471 e. The number of nitrogens with zero attached hydrogens (tertiary/aromatic N) is 2. The number of nitrogens with one attached hydrogen (secondary N) is 1. The SMILES string of the molecule is NC(=O)c1cnn(-c2ccc(C(F)(F)F)cc2Cl)c1NC(=O)C(F)(F)F. The smallest absolute Gasteiger partial charge is 0.365 e. The van der Waals surface area contributed by atoms with E-state index in [9.17, 15) is 35.9 Å². The van der Waals surface area contributed by atoms with E-state index in [0.717, 1.165) is 12.3 Å². The molecule has 1 aromatic heterocycles. The van der Waals surface area contributed by atoms with Crippen LogP contribution in [0.1, 0.15) is 15.9 Å². The van der Waals surface area contributed by atoms with Crippen molar-refractivity contribution in [2.45, 2.75) is 12.4 Å². The van der Waals surface area contributed by atoms with Gasteiger partial charge in [0.15, 0.2) is 0 Å². The molecule has 2 amide bonds. The van der Waals surface area contributed by atoms with E-state index in [0.29, 0.717) is 16.8 Å². The van der Waals surface area contributed by atoms with Gasteiger partial charge >= 0.3 is 18.3 Å². The highest BCUT2D eigenvalue weighted by molar-refractivity contribution is 6.32. The van der Waals surface area contributed by atoms with Crippen molar-refractivity contribution in [3.63, 3.8) is 0 Å². The number of benzene rings is 1. The van der Waals surface area contributed by atoms with Gasteiger partial charge in [0.2, 0.25) is 0 Å². The molecular formula is C13H7ClF6N4O2. The van der Waals surface area contributed by atoms with Crippen molar-refractivity contribution in [3.8, 4) is 5.69 Å². The minimum atomic E-state index is -5.30. The normalized spacial score (nSPS) is 12.1. The van der Waals surface area contributed by atoms with E-state index in [1.54, 1.807) is 0 Å². The predicted octanol–water partition coefficient (Wildman–Crippen LogP) is 3.14. The van der Waals surface area contributed by atoms with Crippen LogP contribution < -0.4 is 11.1 Å². The van der Waals surface area contributed by atoms with Crippen molar-refractivity contribution in [1.29, 1.82) is 0 Å². The molecule has 26 heavy (non-hydrogen) atoms. The predicted molar refractivity (Wildman–Crippen MR) is 76.8 cm³/mol. The second-order valence-electron chi connectivity index (χ2n) is 4.80. The third-order valence-corrected chi connectivity index (χ3v) is 3.33. The molecule has 2 aromatic rings. The van der Waals surface area contributed by atoms with Crippen molar-refractivity contribution in [2.24, 2.45) is 5.73 Å². The number of hydrogen-bond acceptors (Lipinski definition) is 3. The molecule has 1 heterocycles. The minimum Gasteiger partial charge on any atom is -0.365 e. The molecule has 140 valence electrons. The number of rotatable bonds is 3. The van der Waals surface area contributed by atoms with Crippen LogP contribution in [0.15, 0.2) is 24.4 Å². The number of anilines is 1. The minimum absolute atomic E-state index is 0.315. The van der Waals surface area contributed by atoms with Gasteiger partial charge in [0, 0.05) is 0 Å². The van der Waals surface area contributed by atoms with E-state index in [-0.39, 0.29) is 5.69 Å². The maximum absolute atomic E-state index is 12.7. The second kappa shape index (κ2) is 6.52. The van der Waals surface area contributed by atoms with Crippen molar-refractivity contribution in [2.75, 3.05) is 5.32 Å². The van der Waals surface area contributed by atoms with Crippen molar-refractivity contribution in [3.05, 3.63) is 40.5 Å². The first-order valence-electron chi connectivity index (χ1n) is 6.45. The molecule has 0 unspecified atom stereocenters. The van der Waals surface area contributed by atoms with E-state index in [1.165, 1.54) is 5.32 Å². The Balaban J connectivity index is 2.57. The highest BCUT2D eigenvalue weighted by Gasteiger charge is 2.40. The second-order valence-corrected chi connectivity index (χ2v) is 5.21. The van der Waals surface area contributed by atoms with E-state index < -0.39 is 46.1 Å². The van der Waals surface area contributed by atoms with Crippen LogP contribution in [0.5, 0.6) is 0 Å². The molecule has 0 atom stereocenters. The van der Waals surface area contributed by atoms with Crippen LogP contribution in [-0.4, -0.2) is 27.8 Å². The highest BCUT2D eigenvalue weighted by atomic mass is 35.5. The van der Waals surface area contributed by atoms with Gasteiger partial charge in [-0.25, -0.2) is 4.68 Å². The zero-order valence-corrected chi connectivity index (χ0v) is 13.0. The lowest BCUT2D eigenvalue weighted by molar-refractivity contribution is -0.167. The van der Waals surface area contributed by atoms with Crippen LogP contribution in [0.25, 0.3) is 5.69 Å². The quantitative estimate of drug-likeness (QED) is 0.776. The van der Waals surface area contributed by atoms with Crippen LogP contribution in [0.4, 0.5) is 32.2 Å². The van der Waals surface area contributed by atoms with Gasteiger partial charge in [-0.15, -0.1) is 0 Å². The first-order valence-corrected chi connectivity index (χ1v) is 6.83. The van der Waals surface area contributed by atoms with E-state index in [4.69, 9.17) is 17.3 Å². The highest BCUT2D eigenvalue weighted by Crippen LogP contribution is 2.34. The van der Waals surface area contributed by atoms with Gasteiger partial charge in [-0.2, -0.15) is 31.4 Å². The molecular weight excluding hydrogens is 394 g/mol. The molecule has 1 aromatic carbocycles. The van der Waals surface area contributed by atoms with Gasteiger partial charge in [-0.3, -0.25) is 9.59 Å². The molecule has 0 aliphatic carbocycles. The summed E-state index contributed by atoms with van der Waals surface area (Å²) in [5, 5.41) is 4.43. The van der Waals surface area contributed by atoms with Gasteiger partial charge in [-0.05, 0) is 18.2 Å². The Hall–Kier alpha value is -2.76. The number of halogens is 7. The molecule has 0 spiro atoms. The van der Waals surface area contributed by atoms with Gasteiger partial charge in [0.25, 0.3) is 5.91 Å². The molecule has 0 bridgehead atoms. The Bertz CT molecular complexity index is 874. The summed E-state index contributed by atoms with van der Waals surface area (Å²) in [7, 11) is 0. The maximum atomic E-state index is 12.7. The average Bonchev–Trinajstić information content (AvgIpc) is 2.88. The summed E-state index contributed by atoms with van der Waals surface area (Å²) in [6, 6.07) is 1.92. The van der Waals surface area contributed by atoms with E-state index >= 15 is 0 Å². The van der Waals surface area contributed by atoms with Crippen LogP contribution >= 0.6 is 11.6 Å². The van der Waals surface area contributed by atoms with Crippen molar-refractivity contribution >= 4 is 29.2 Å². The molecule has 0 aliphatic heterocycles. The molecule has 2 rings (SSSR count). The summed E-state index contributed by atoms with van der Waals surface area (Å²) in [5.74, 6) is -4.46. The number of aromatic nitrogens is 2. The topological polar surface area (TPSA) is 90.0 Å². The van der Waals surface area contributed by atoms with Crippen molar-refractivity contribution < 1.29 is 35.9 Å². The summed E-state index contributed by atoms with van der Waals surface area (Å²) < 4.78 is 76.0. The Morgan fingerprint density at radius 3 is 2.23 bits per heavy atom. The average molecular weight is 401 g/mol. The fourth-order valence-corrected chi connectivity index (χ4v) is 2.13. The van der Waals surface area contributed by atoms with Crippen LogP contribution in [0, 0.1) is 0 Å². The summed E-state index contributed by atoms with van der Waals surface area (Å²) in [6.45, 7) is 0. The molecule has 13 heteroatoms. The van der Waals surface area contributed by atoms with Gasteiger partial charge in [0.05, 0.1) is 22.5 Å². The lowest BCUT2D eigenvalue weighted by Gasteiger charge is -2.14. The number of amides is 2. The summed E-state index contributed by atoms with van der Waals surface area (Å²) in [5.41, 5.74) is 2.97. The molecule has 6 nitrogen and oxygen atoms in total. The van der Waals surface area contributed by atoms with Gasteiger partial charge in [0.1, 0.15) is 11.4 Å². The Kier molecular flexibility index (Phi) is 4.90. The number of carbonyl (C=O) groups excluding carboxylic acids is 2. The molecule has 0 saturated heterocycles. The third-order valence-electron chi connectivity index (χ3n) is 3.03. The van der Waals surface area contributed by atoms with Crippen molar-refractivity contribution in [1.82, 2.24) is 9.78 Å². The van der Waals surface area contributed by atoms with Gasteiger partial charge < -0.3 is 11.1 Å². The number of primary amides is 1. The van der Waals surface area contributed by atoms with Crippen LogP contribution in [-0.2, 0) is 11.0 Å². The van der Waals surface area contributed by atoms with E-state index in [2.05, 4.69) is 5.10 Å². The lowest BCUT2D eigenvalue weighted by atomic mass is 10.2. The number of hydrogen-bond donors (Lipinski definition) is 2. The van der Waals surface area contributed by atoms with Gasteiger partial charge in [-0.1, -0.05) is 11.6 Å². The molecule has 0 radical (unpaired) electrons. The fraction of sp³-hybridized carbons (Fsp3) is 0.154. The van der Waals surface area contributed by atoms with E-state index in [1.807, 2.05) is 0 Å².